The zero-order chi connectivity index (χ0) is 20.5. The number of H-pyrrole nitrogens is 1. The number of aromatic nitrogens is 4. The van der Waals surface area contributed by atoms with Gasteiger partial charge in [0.2, 0.25) is 5.91 Å². The van der Waals surface area contributed by atoms with Crippen molar-refractivity contribution in [3.05, 3.63) is 33.4 Å². The van der Waals surface area contributed by atoms with Crippen molar-refractivity contribution in [3.8, 4) is 0 Å². The van der Waals surface area contributed by atoms with Gasteiger partial charge in [0.1, 0.15) is 5.82 Å². The number of pyridine rings is 1. The van der Waals surface area contributed by atoms with Crippen molar-refractivity contribution in [2.75, 3.05) is 18.0 Å². The minimum absolute atomic E-state index is 0.0523. The number of hydrogen-bond acceptors (Lipinski definition) is 5. The van der Waals surface area contributed by atoms with Crippen LogP contribution in [-0.2, 0) is 24.6 Å². The maximum absolute atomic E-state index is 12.7. The molecule has 1 aliphatic rings. The molecule has 1 fully saturated rings. The first-order chi connectivity index (χ1) is 13.2. The van der Waals surface area contributed by atoms with Gasteiger partial charge >= 0.3 is 6.18 Å². The molecule has 28 heavy (non-hydrogen) atoms. The Morgan fingerprint density at radius 2 is 2.11 bits per heavy atom. The number of halogens is 4. The van der Waals surface area contributed by atoms with Crippen LogP contribution < -0.4 is 10.2 Å². The second-order valence-electron chi connectivity index (χ2n) is 6.51. The van der Waals surface area contributed by atoms with Gasteiger partial charge in [-0.05, 0) is 31.1 Å². The van der Waals surface area contributed by atoms with Crippen LogP contribution in [0.1, 0.15) is 24.2 Å². The van der Waals surface area contributed by atoms with E-state index in [-0.39, 0.29) is 23.4 Å². The highest BCUT2D eigenvalue weighted by atomic mass is 35.5. The Labute approximate surface area is 168 Å². The first-order valence-electron chi connectivity index (χ1n) is 8.52. The molecule has 2 aromatic heterocycles. The molecule has 0 saturated carbocycles. The maximum Gasteiger partial charge on any atom is 0.417 e. The average Bonchev–Trinajstić information content (AvgIpc) is 2.97. The lowest BCUT2D eigenvalue weighted by molar-refractivity contribution is -0.137. The number of carbonyl (C=O) groups is 1. The fourth-order valence-electron chi connectivity index (χ4n) is 3.02. The van der Waals surface area contributed by atoms with E-state index < -0.39 is 11.7 Å². The van der Waals surface area contributed by atoms with Crippen LogP contribution in [0.25, 0.3) is 0 Å². The summed E-state index contributed by atoms with van der Waals surface area (Å²) >= 11 is 11.0. The number of piperidine rings is 1. The smallest absolute Gasteiger partial charge is 0.355 e. The molecule has 12 heteroatoms. The molecule has 2 N–H and O–H groups in total. The van der Waals surface area contributed by atoms with Gasteiger partial charge in [0.25, 0.3) is 0 Å². The molecule has 0 unspecified atom stereocenters. The predicted octanol–water partition coefficient (Wildman–Crippen LogP) is 3.08. The van der Waals surface area contributed by atoms with Crippen LogP contribution in [0.2, 0.25) is 5.02 Å². The summed E-state index contributed by atoms with van der Waals surface area (Å²) in [5, 5.41) is 9.48. The van der Waals surface area contributed by atoms with Crippen LogP contribution in [0, 0.1) is 10.7 Å². The highest BCUT2D eigenvalue weighted by Crippen LogP contribution is 2.34. The number of anilines is 1. The molecule has 0 atom stereocenters. The van der Waals surface area contributed by atoms with Gasteiger partial charge in [0.15, 0.2) is 10.6 Å². The van der Waals surface area contributed by atoms with Crippen molar-refractivity contribution in [2.24, 2.45) is 13.0 Å². The Balaban J connectivity index is 1.56. The molecule has 1 amide bonds. The lowest BCUT2D eigenvalue weighted by Crippen LogP contribution is -2.41. The highest BCUT2D eigenvalue weighted by Gasteiger charge is 2.33. The zero-order valence-corrected chi connectivity index (χ0v) is 16.5. The molecule has 152 valence electrons. The minimum atomic E-state index is -4.49. The van der Waals surface area contributed by atoms with Crippen LogP contribution in [0.4, 0.5) is 19.0 Å². The predicted molar refractivity (Wildman–Crippen MR) is 99.4 cm³/mol. The van der Waals surface area contributed by atoms with E-state index in [2.05, 4.69) is 20.5 Å². The topological polar surface area (TPSA) is 78.8 Å². The lowest BCUT2D eigenvalue weighted by Gasteiger charge is -2.32. The number of carbonyl (C=O) groups excluding carboxylic acids is 1. The standard InChI is InChI=1S/C16H18ClF3N6OS/c1-25-12(23-24-15(25)28)8-22-14(27)9-2-4-26(5-3-9)13-11(17)6-10(7-21-13)16(18,19)20/h6-7,9H,2-5,8H2,1H3,(H,22,27)(H,24,28). The van der Waals surface area contributed by atoms with Gasteiger partial charge in [-0.25, -0.2) is 4.98 Å². The van der Waals surface area contributed by atoms with Gasteiger partial charge in [-0.3, -0.25) is 9.89 Å². The van der Waals surface area contributed by atoms with Crippen LogP contribution >= 0.6 is 23.8 Å². The summed E-state index contributed by atoms with van der Waals surface area (Å²) < 4.78 is 40.3. The minimum Gasteiger partial charge on any atom is -0.355 e. The Kier molecular flexibility index (Phi) is 5.94. The third-order valence-electron chi connectivity index (χ3n) is 4.71. The van der Waals surface area contributed by atoms with Crippen molar-refractivity contribution < 1.29 is 18.0 Å². The van der Waals surface area contributed by atoms with E-state index >= 15 is 0 Å². The number of amides is 1. The molecule has 2 aromatic rings. The van der Waals surface area contributed by atoms with Gasteiger partial charge in [-0.15, -0.1) is 0 Å². The van der Waals surface area contributed by atoms with E-state index in [1.54, 1.807) is 16.5 Å². The number of alkyl halides is 3. The summed E-state index contributed by atoms with van der Waals surface area (Å²) in [6.07, 6.45) is -2.62. The summed E-state index contributed by atoms with van der Waals surface area (Å²) in [4.78, 5) is 18.1. The van der Waals surface area contributed by atoms with E-state index in [1.165, 1.54) is 0 Å². The third kappa shape index (κ3) is 4.46. The van der Waals surface area contributed by atoms with Gasteiger partial charge in [-0.1, -0.05) is 11.6 Å². The van der Waals surface area contributed by atoms with Crippen molar-refractivity contribution in [3.63, 3.8) is 0 Å². The molecule has 0 bridgehead atoms. The van der Waals surface area contributed by atoms with Crippen LogP contribution in [0.15, 0.2) is 12.3 Å². The highest BCUT2D eigenvalue weighted by molar-refractivity contribution is 7.71. The number of nitrogens with one attached hydrogen (secondary N) is 2. The number of hydrogen-bond donors (Lipinski definition) is 2. The van der Waals surface area contributed by atoms with E-state index in [4.69, 9.17) is 23.8 Å². The molecule has 3 rings (SSSR count). The normalized spacial score (nSPS) is 15.7. The van der Waals surface area contributed by atoms with E-state index in [9.17, 15) is 18.0 Å². The van der Waals surface area contributed by atoms with Crippen molar-refractivity contribution >= 4 is 35.5 Å². The zero-order valence-electron chi connectivity index (χ0n) is 14.9. The molecule has 1 aliphatic heterocycles. The molecule has 7 nitrogen and oxygen atoms in total. The molecular weight excluding hydrogens is 417 g/mol. The van der Waals surface area contributed by atoms with Gasteiger partial charge < -0.3 is 14.8 Å². The molecular formula is C16H18ClF3N6OS. The fourth-order valence-corrected chi connectivity index (χ4v) is 3.46. The SMILES string of the molecule is Cn1c(CNC(=O)C2CCN(c3ncc(C(F)(F)F)cc3Cl)CC2)n[nH]c1=S. The Hall–Kier alpha value is -2.14. The summed E-state index contributed by atoms with van der Waals surface area (Å²) in [5.74, 6) is 0.628. The largest absolute Gasteiger partial charge is 0.417 e. The second kappa shape index (κ2) is 8.08. The quantitative estimate of drug-likeness (QED) is 0.723. The molecule has 3 heterocycles. The summed E-state index contributed by atoms with van der Waals surface area (Å²) in [6, 6.07) is 0.875. The first kappa shape index (κ1) is 20.6. The van der Waals surface area contributed by atoms with Crippen LogP contribution in [-0.4, -0.2) is 38.7 Å². The van der Waals surface area contributed by atoms with Crippen molar-refractivity contribution in [1.82, 2.24) is 25.1 Å². The molecule has 0 radical (unpaired) electrons. The van der Waals surface area contributed by atoms with Gasteiger partial charge in [-0.2, -0.15) is 18.3 Å². The van der Waals surface area contributed by atoms with Crippen molar-refractivity contribution in [1.29, 1.82) is 0 Å². The summed E-state index contributed by atoms with van der Waals surface area (Å²) in [5.41, 5.74) is -0.885. The van der Waals surface area contributed by atoms with E-state index in [0.717, 1.165) is 12.3 Å². The van der Waals surface area contributed by atoms with Crippen molar-refractivity contribution in [2.45, 2.75) is 25.6 Å². The van der Waals surface area contributed by atoms with Crippen LogP contribution in [0.3, 0.4) is 0 Å². The fraction of sp³-hybridized carbons (Fsp3) is 0.500. The molecule has 0 aromatic carbocycles. The van der Waals surface area contributed by atoms with Gasteiger partial charge in [0.05, 0.1) is 17.1 Å². The first-order valence-corrected chi connectivity index (χ1v) is 9.31. The van der Waals surface area contributed by atoms with E-state index in [0.29, 0.717) is 42.3 Å². The maximum atomic E-state index is 12.7. The Morgan fingerprint density at radius 3 is 2.64 bits per heavy atom. The second-order valence-corrected chi connectivity index (χ2v) is 7.30. The molecule has 1 saturated heterocycles. The number of rotatable bonds is 4. The number of nitrogens with zero attached hydrogens (tertiary/aromatic N) is 4. The third-order valence-corrected chi connectivity index (χ3v) is 5.35. The van der Waals surface area contributed by atoms with Crippen LogP contribution in [0.5, 0.6) is 0 Å². The summed E-state index contributed by atoms with van der Waals surface area (Å²) in [6.45, 7) is 1.21. The average molecular weight is 435 g/mol. The monoisotopic (exact) mass is 434 g/mol. The van der Waals surface area contributed by atoms with Gasteiger partial charge in [0, 0.05) is 32.3 Å². The van der Waals surface area contributed by atoms with E-state index in [1.807, 2.05) is 0 Å². The number of aromatic amines is 1. The molecule has 0 aliphatic carbocycles. The molecule has 0 spiro atoms. The Bertz CT molecular complexity index is 920. The Morgan fingerprint density at radius 1 is 1.43 bits per heavy atom. The lowest BCUT2D eigenvalue weighted by atomic mass is 9.96. The summed E-state index contributed by atoms with van der Waals surface area (Å²) in [7, 11) is 1.76.